The van der Waals surface area contributed by atoms with Gasteiger partial charge in [0.1, 0.15) is 0 Å². The Morgan fingerprint density at radius 1 is 1.78 bits per heavy atom. The molecule has 0 aliphatic heterocycles. The number of nitrogens with zero attached hydrogens (tertiary/aromatic N) is 1. The summed E-state index contributed by atoms with van der Waals surface area (Å²) in [7, 11) is 0. The van der Waals surface area contributed by atoms with E-state index in [0.29, 0.717) is 5.92 Å². The van der Waals surface area contributed by atoms with Crippen molar-refractivity contribution in [3.05, 3.63) is 0 Å². The molecule has 0 aromatic heterocycles. The molecule has 0 aromatic carbocycles. The Labute approximate surface area is 60.3 Å². The van der Waals surface area contributed by atoms with Gasteiger partial charge in [-0.05, 0) is 13.2 Å². The van der Waals surface area contributed by atoms with E-state index in [0.717, 1.165) is 11.5 Å². The van der Waals surface area contributed by atoms with Crippen molar-refractivity contribution in [3.8, 4) is 0 Å². The third-order valence-electron chi connectivity index (χ3n) is 1.29. The first-order valence-corrected chi connectivity index (χ1v) is 4.29. The molecule has 0 radical (unpaired) electrons. The number of hydrogen-bond acceptors (Lipinski definition) is 3. The molecule has 1 unspecified atom stereocenters. The van der Waals surface area contributed by atoms with Gasteiger partial charge in [0.2, 0.25) is 0 Å². The van der Waals surface area contributed by atoms with Crippen LogP contribution in [0.25, 0.3) is 0 Å². The van der Waals surface area contributed by atoms with Crippen molar-refractivity contribution in [3.63, 3.8) is 0 Å². The molecule has 0 bridgehead atoms. The van der Waals surface area contributed by atoms with Gasteiger partial charge in [0.25, 0.3) is 0 Å². The lowest BCUT2D eigenvalue weighted by atomic mass is 10.1. The molecule has 0 saturated heterocycles. The molecule has 0 aliphatic carbocycles. The van der Waals surface area contributed by atoms with E-state index in [1.165, 1.54) is 0 Å². The number of hydrogen-bond donors (Lipinski definition) is 1. The van der Waals surface area contributed by atoms with Crippen LogP contribution in [0.2, 0.25) is 0 Å². The van der Waals surface area contributed by atoms with Gasteiger partial charge in [-0.15, -0.1) is 0 Å². The number of thioether (sulfide) groups is 1. The summed E-state index contributed by atoms with van der Waals surface area (Å²) in [6, 6.07) is 0. The van der Waals surface area contributed by atoms with E-state index >= 15 is 0 Å². The highest BCUT2D eigenvalue weighted by Crippen LogP contribution is 2.05. The lowest BCUT2D eigenvalue weighted by Crippen LogP contribution is -2.08. The third-order valence-corrected chi connectivity index (χ3v) is 2.12. The molecule has 54 valence electrons. The molecule has 0 saturated carbocycles. The first-order chi connectivity index (χ1) is 4.22. The maximum atomic E-state index is 8.31. The van der Waals surface area contributed by atoms with Gasteiger partial charge in [-0.1, -0.05) is 12.1 Å². The molecular formula is C6H13NOS. The van der Waals surface area contributed by atoms with Crippen LogP contribution >= 0.6 is 11.8 Å². The molecule has 3 heteroatoms. The minimum atomic E-state index is 0.394. The van der Waals surface area contributed by atoms with Gasteiger partial charge in [0.05, 0.1) is 5.71 Å². The average molecular weight is 147 g/mol. The minimum Gasteiger partial charge on any atom is -0.411 e. The standard InChI is InChI=1S/C6H13NOS/c1-5(4-9-3)6(2)7-8/h5,8H,4H2,1-3H3. The van der Waals surface area contributed by atoms with Gasteiger partial charge in [0, 0.05) is 11.7 Å². The van der Waals surface area contributed by atoms with Crippen LogP contribution in [0, 0.1) is 5.92 Å². The molecule has 2 nitrogen and oxygen atoms in total. The summed E-state index contributed by atoms with van der Waals surface area (Å²) in [5.74, 6) is 1.42. The second kappa shape index (κ2) is 4.68. The highest BCUT2D eigenvalue weighted by Gasteiger charge is 2.03. The van der Waals surface area contributed by atoms with E-state index in [1.54, 1.807) is 11.8 Å². The summed E-state index contributed by atoms with van der Waals surface area (Å²) in [5.41, 5.74) is 0.810. The van der Waals surface area contributed by atoms with Gasteiger partial charge >= 0.3 is 0 Å². The summed E-state index contributed by atoms with van der Waals surface area (Å²) < 4.78 is 0. The fourth-order valence-corrected chi connectivity index (χ4v) is 1.21. The van der Waals surface area contributed by atoms with E-state index < -0.39 is 0 Å². The Morgan fingerprint density at radius 3 is 2.67 bits per heavy atom. The zero-order valence-corrected chi connectivity index (χ0v) is 6.90. The second-order valence-corrected chi connectivity index (χ2v) is 3.01. The SMILES string of the molecule is CSCC(C)C(C)=NO. The first kappa shape index (κ1) is 8.82. The molecule has 1 atom stereocenters. The largest absolute Gasteiger partial charge is 0.411 e. The molecule has 0 aliphatic rings. The Bertz CT molecular complexity index is 103. The van der Waals surface area contributed by atoms with Gasteiger partial charge in [-0.25, -0.2) is 0 Å². The molecule has 0 heterocycles. The van der Waals surface area contributed by atoms with E-state index in [2.05, 4.69) is 5.16 Å². The van der Waals surface area contributed by atoms with E-state index in [-0.39, 0.29) is 0 Å². The van der Waals surface area contributed by atoms with Crippen molar-refractivity contribution in [1.29, 1.82) is 0 Å². The zero-order chi connectivity index (χ0) is 7.28. The maximum absolute atomic E-state index is 8.31. The monoisotopic (exact) mass is 147 g/mol. The average Bonchev–Trinajstić information content (AvgIpc) is 1.87. The Morgan fingerprint density at radius 2 is 2.33 bits per heavy atom. The van der Waals surface area contributed by atoms with Gasteiger partial charge in [-0.2, -0.15) is 11.8 Å². The molecule has 1 N–H and O–H groups in total. The van der Waals surface area contributed by atoms with Crippen molar-refractivity contribution in [2.75, 3.05) is 12.0 Å². The summed E-state index contributed by atoms with van der Waals surface area (Å²) in [4.78, 5) is 0. The lowest BCUT2D eigenvalue weighted by Gasteiger charge is -2.05. The molecule has 0 rings (SSSR count). The van der Waals surface area contributed by atoms with Crippen molar-refractivity contribution >= 4 is 17.5 Å². The predicted octanol–water partition coefficient (Wildman–Crippen LogP) is 1.84. The molecule has 0 amide bonds. The zero-order valence-electron chi connectivity index (χ0n) is 6.09. The molecule has 9 heavy (non-hydrogen) atoms. The van der Waals surface area contributed by atoms with Gasteiger partial charge < -0.3 is 5.21 Å². The van der Waals surface area contributed by atoms with E-state index in [9.17, 15) is 0 Å². The van der Waals surface area contributed by atoms with Crippen molar-refractivity contribution in [2.24, 2.45) is 11.1 Å². The summed E-state index contributed by atoms with van der Waals surface area (Å²) in [6.45, 7) is 3.88. The van der Waals surface area contributed by atoms with Crippen molar-refractivity contribution in [2.45, 2.75) is 13.8 Å². The van der Waals surface area contributed by atoms with Crippen molar-refractivity contribution < 1.29 is 5.21 Å². The van der Waals surface area contributed by atoms with Crippen LogP contribution in [0.5, 0.6) is 0 Å². The normalized spacial score (nSPS) is 15.7. The molecular weight excluding hydrogens is 134 g/mol. The highest BCUT2D eigenvalue weighted by atomic mass is 32.2. The van der Waals surface area contributed by atoms with Crippen LogP contribution in [-0.2, 0) is 0 Å². The fraction of sp³-hybridized carbons (Fsp3) is 0.833. The van der Waals surface area contributed by atoms with Gasteiger partial charge in [0.15, 0.2) is 0 Å². The lowest BCUT2D eigenvalue weighted by molar-refractivity contribution is 0.315. The fourth-order valence-electron chi connectivity index (χ4n) is 0.469. The summed E-state index contributed by atoms with van der Waals surface area (Å²) in [6.07, 6.45) is 2.04. The van der Waals surface area contributed by atoms with Crippen LogP contribution in [-0.4, -0.2) is 22.9 Å². The third kappa shape index (κ3) is 3.40. The van der Waals surface area contributed by atoms with E-state index in [1.807, 2.05) is 20.1 Å². The maximum Gasteiger partial charge on any atom is 0.0576 e. The topological polar surface area (TPSA) is 32.6 Å². The van der Waals surface area contributed by atoms with Crippen molar-refractivity contribution in [1.82, 2.24) is 0 Å². The minimum absolute atomic E-state index is 0.394. The quantitative estimate of drug-likeness (QED) is 0.375. The Hall–Kier alpha value is -0.180. The molecule has 0 fully saturated rings. The number of rotatable bonds is 3. The predicted molar refractivity (Wildman–Crippen MR) is 42.4 cm³/mol. The highest BCUT2D eigenvalue weighted by molar-refractivity contribution is 7.98. The Kier molecular flexibility index (Phi) is 4.58. The Balaban J connectivity index is 3.59. The van der Waals surface area contributed by atoms with Gasteiger partial charge in [-0.3, -0.25) is 0 Å². The van der Waals surface area contributed by atoms with Crippen LogP contribution in [0.1, 0.15) is 13.8 Å². The summed E-state index contributed by atoms with van der Waals surface area (Å²) >= 11 is 1.76. The van der Waals surface area contributed by atoms with Crippen LogP contribution in [0.4, 0.5) is 0 Å². The van der Waals surface area contributed by atoms with Crippen LogP contribution < -0.4 is 0 Å². The first-order valence-electron chi connectivity index (χ1n) is 2.89. The molecule has 0 aromatic rings. The summed E-state index contributed by atoms with van der Waals surface area (Å²) in [5, 5.41) is 11.4. The van der Waals surface area contributed by atoms with Crippen LogP contribution in [0.3, 0.4) is 0 Å². The van der Waals surface area contributed by atoms with E-state index in [4.69, 9.17) is 5.21 Å². The second-order valence-electron chi connectivity index (χ2n) is 2.10. The number of oxime groups is 1. The smallest absolute Gasteiger partial charge is 0.0576 e. The van der Waals surface area contributed by atoms with Crippen LogP contribution in [0.15, 0.2) is 5.16 Å². The molecule has 0 spiro atoms.